The van der Waals surface area contributed by atoms with E-state index in [2.05, 4.69) is 5.32 Å². The van der Waals surface area contributed by atoms with E-state index in [1.165, 1.54) is 0 Å². The molecule has 2 amide bonds. The van der Waals surface area contributed by atoms with Gasteiger partial charge < -0.3 is 20.1 Å². The van der Waals surface area contributed by atoms with E-state index in [0.717, 1.165) is 12.8 Å². The molecule has 0 radical (unpaired) electrons. The van der Waals surface area contributed by atoms with Crippen molar-refractivity contribution in [3.05, 3.63) is 0 Å². The molecule has 0 aromatic heterocycles. The van der Waals surface area contributed by atoms with Crippen molar-refractivity contribution in [1.82, 2.24) is 10.2 Å². The number of nitrogens with one attached hydrogen (secondary N) is 1. The number of carboxylic acids is 1. The maximum absolute atomic E-state index is 12.2. The monoisotopic (exact) mass is 272 g/mol. The highest BCUT2D eigenvalue weighted by Gasteiger charge is 2.21. The summed E-state index contributed by atoms with van der Waals surface area (Å²) in [4.78, 5) is 24.4. The second kappa shape index (κ2) is 7.99. The summed E-state index contributed by atoms with van der Waals surface area (Å²) in [6.07, 6.45) is 2.25. The van der Waals surface area contributed by atoms with E-state index in [1.54, 1.807) is 4.90 Å². The lowest BCUT2D eigenvalue weighted by atomic mass is 10.1. The number of hydrogen-bond acceptors (Lipinski definition) is 3. The number of amides is 2. The first-order valence-corrected chi connectivity index (χ1v) is 6.87. The van der Waals surface area contributed by atoms with Crippen LogP contribution >= 0.6 is 0 Å². The molecule has 6 heteroatoms. The summed E-state index contributed by atoms with van der Waals surface area (Å²) in [6, 6.07) is 0.128. The Labute approximate surface area is 114 Å². The largest absolute Gasteiger partial charge is 0.481 e. The zero-order valence-corrected chi connectivity index (χ0v) is 11.7. The molecule has 2 N–H and O–H groups in total. The first-order chi connectivity index (χ1) is 9.00. The summed E-state index contributed by atoms with van der Waals surface area (Å²) in [7, 11) is 0. The number of nitrogens with zero attached hydrogens (tertiary/aromatic N) is 1. The van der Waals surface area contributed by atoms with Gasteiger partial charge in [-0.1, -0.05) is 0 Å². The van der Waals surface area contributed by atoms with E-state index in [4.69, 9.17) is 9.84 Å². The first-order valence-electron chi connectivity index (χ1n) is 6.87. The van der Waals surface area contributed by atoms with Gasteiger partial charge in [0.25, 0.3) is 0 Å². The summed E-state index contributed by atoms with van der Waals surface area (Å²) in [5.74, 6) is -0.825. The molecule has 0 atom stereocenters. The van der Waals surface area contributed by atoms with Crippen LogP contribution in [-0.4, -0.2) is 53.8 Å². The Bertz CT molecular complexity index is 301. The molecule has 6 nitrogen and oxygen atoms in total. The zero-order valence-electron chi connectivity index (χ0n) is 11.7. The quantitative estimate of drug-likeness (QED) is 0.767. The number of aliphatic carboxylic acids is 1. The Balaban J connectivity index is 2.40. The predicted octanol–water partition coefficient (Wildman–Crippen LogP) is 1.45. The van der Waals surface area contributed by atoms with E-state index in [1.807, 2.05) is 13.8 Å². The Hall–Kier alpha value is -1.30. The van der Waals surface area contributed by atoms with Crippen LogP contribution in [0, 0.1) is 0 Å². The average molecular weight is 272 g/mol. The molecule has 1 rings (SSSR count). The van der Waals surface area contributed by atoms with Crippen molar-refractivity contribution >= 4 is 12.0 Å². The highest BCUT2D eigenvalue weighted by Crippen LogP contribution is 2.09. The summed E-state index contributed by atoms with van der Waals surface area (Å²) >= 11 is 0. The smallest absolute Gasteiger partial charge is 0.317 e. The number of carbonyl (C=O) groups is 2. The van der Waals surface area contributed by atoms with Crippen LogP contribution in [-0.2, 0) is 9.53 Å². The van der Waals surface area contributed by atoms with Gasteiger partial charge in [-0.3, -0.25) is 4.79 Å². The standard InChI is InChI=1S/C13H24N2O4/c1-10(2)15(7-3-4-12(16)17)13(18)14-11-5-8-19-9-6-11/h10-11H,3-9H2,1-2H3,(H,14,18)(H,16,17). The molecule has 1 aliphatic rings. The molecule has 110 valence electrons. The third-order valence-electron chi connectivity index (χ3n) is 3.22. The van der Waals surface area contributed by atoms with Crippen LogP contribution < -0.4 is 5.32 Å². The van der Waals surface area contributed by atoms with Crippen LogP contribution in [0.5, 0.6) is 0 Å². The van der Waals surface area contributed by atoms with Crippen molar-refractivity contribution < 1.29 is 19.4 Å². The van der Waals surface area contributed by atoms with Gasteiger partial charge in [-0.2, -0.15) is 0 Å². The molecular formula is C13H24N2O4. The number of hydrogen-bond donors (Lipinski definition) is 2. The fourth-order valence-electron chi connectivity index (χ4n) is 2.09. The Morgan fingerprint density at radius 3 is 2.53 bits per heavy atom. The van der Waals surface area contributed by atoms with E-state index in [0.29, 0.717) is 26.2 Å². The Morgan fingerprint density at radius 2 is 2.00 bits per heavy atom. The van der Waals surface area contributed by atoms with Crippen LogP contribution in [0.4, 0.5) is 4.79 Å². The molecule has 0 spiro atoms. The zero-order chi connectivity index (χ0) is 14.3. The Kier molecular flexibility index (Phi) is 6.62. The van der Waals surface area contributed by atoms with Gasteiger partial charge in [0.2, 0.25) is 0 Å². The van der Waals surface area contributed by atoms with Crippen molar-refractivity contribution in [2.45, 2.75) is 51.6 Å². The molecule has 0 aromatic rings. The fourth-order valence-corrected chi connectivity index (χ4v) is 2.09. The third-order valence-corrected chi connectivity index (χ3v) is 3.22. The van der Waals surface area contributed by atoms with Gasteiger partial charge in [-0.15, -0.1) is 0 Å². The number of urea groups is 1. The van der Waals surface area contributed by atoms with Crippen molar-refractivity contribution in [2.24, 2.45) is 0 Å². The van der Waals surface area contributed by atoms with Gasteiger partial charge in [0.1, 0.15) is 0 Å². The average Bonchev–Trinajstić information content (AvgIpc) is 2.35. The van der Waals surface area contributed by atoms with Gasteiger partial charge in [-0.25, -0.2) is 4.79 Å². The van der Waals surface area contributed by atoms with Gasteiger partial charge >= 0.3 is 12.0 Å². The molecule has 1 fully saturated rings. The number of carboxylic acid groups (broad SMARTS) is 1. The van der Waals surface area contributed by atoms with Gasteiger partial charge in [-0.05, 0) is 33.1 Å². The van der Waals surface area contributed by atoms with E-state index in [9.17, 15) is 9.59 Å². The van der Waals surface area contributed by atoms with Crippen molar-refractivity contribution in [2.75, 3.05) is 19.8 Å². The van der Waals surface area contributed by atoms with E-state index >= 15 is 0 Å². The Morgan fingerprint density at radius 1 is 1.37 bits per heavy atom. The molecule has 0 bridgehead atoms. The lowest BCUT2D eigenvalue weighted by molar-refractivity contribution is -0.137. The van der Waals surface area contributed by atoms with Crippen molar-refractivity contribution in [3.63, 3.8) is 0 Å². The molecule has 0 unspecified atom stereocenters. The van der Waals surface area contributed by atoms with E-state index in [-0.39, 0.29) is 24.5 Å². The summed E-state index contributed by atoms with van der Waals surface area (Å²) in [6.45, 7) is 5.71. The number of carbonyl (C=O) groups excluding carboxylic acids is 1. The summed E-state index contributed by atoms with van der Waals surface area (Å²) < 4.78 is 5.25. The molecule has 1 heterocycles. The maximum atomic E-state index is 12.2. The fraction of sp³-hybridized carbons (Fsp3) is 0.846. The molecular weight excluding hydrogens is 248 g/mol. The van der Waals surface area contributed by atoms with E-state index < -0.39 is 5.97 Å². The highest BCUT2D eigenvalue weighted by atomic mass is 16.5. The minimum Gasteiger partial charge on any atom is -0.481 e. The van der Waals surface area contributed by atoms with Crippen LogP contribution in [0.25, 0.3) is 0 Å². The van der Waals surface area contributed by atoms with Crippen LogP contribution in [0.3, 0.4) is 0 Å². The molecule has 0 saturated carbocycles. The summed E-state index contributed by atoms with van der Waals surface area (Å²) in [5, 5.41) is 11.6. The first kappa shape index (κ1) is 15.8. The van der Waals surface area contributed by atoms with Crippen LogP contribution in [0.1, 0.15) is 39.5 Å². The SMILES string of the molecule is CC(C)N(CCCC(=O)O)C(=O)NC1CCOCC1. The topological polar surface area (TPSA) is 78.9 Å². The third kappa shape index (κ3) is 5.92. The predicted molar refractivity (Wildman–Crippen MR) is 71.1 cm³/mol. The highest BCUT2D eigenvalue weighted by molar-refractivity contribution is 5.75. The van der Waals surface area contributed by atoms with Gasteiger partial charge in [0.05, 0.1) is 0 Å². The maximum Gasteiger partial charge on any atom is 0.317 e. The number of rotatable bonds is 6. The van der Waals surface area contributed by atoms with Gasteiger partial charge in [0.15, 0.2) is 0 Å². The second-order valence-electron chi connectivity index (χ2n) is 5.12. The van der Waals surface area contributed by atoms with Crippen LogP contribution in [0.2, 0.25) is 0 Å². The minimum atomic E-state index is -0.825. The molecule has 1 aliphatic heterocycles. The molecule has 19 heavy (non-hydrogen) atoms. The normalized spacial score (nSPS) is 16.4. The van der Waals surface area contributed by atoms with Crippen molar-refractivity contribution in [3.8, 4) is 0 Å². The summed E-state index contributed by atoms with van der Waals surface area (Å²) in [5.41, 5.74) is 0. The molecule has 0 aromatic carbocycles. The van der Waals surface area contributed by atoms with Crippen molar-refractivity contribution in [1.29, 1.82) is 0 Å². The molecule has 0 aliphatic carbocycles. The lowest BCUT2D eigenvalue weighted by Gasteiger charge is -2.30. The number of ether oxygens (including phenoxy) is 1. The second-order valence-corrected chi connectivity index (χ2v) is 5.12. The van der Waals surface area contributed by atoms with Gasteiger partial charge in [0, 0.05) is 38.3 Å². The lowest BCUT2D eigenvalue weighted by Crippen LogP contribution is -2.49. The minimum absolute atomic E-state index is 0.0636. The van der Waals surface area contributed by atoms with Crippen LogP contribution in [0.15, 0.2) is 0 Å². The molecule has 1 saturated heterocycles.